The fraction of sp³-hybridized carbons (Fsp3) is 0.588. The lowest BCUT2D eigenvalue weighted by molar-refractivity contribution is 0.0460. The van der Waals surface area contributed by atoms with Gasteiger partial charge in [0.2, 0.25) is 0 Å². The minimum absolute atomic E-state index is 0.245. The van der Waals surface area contributed by atoms with Gasteiger partial charge in [0.05, 0.1) is 5.56 Å². The predicted octanol–water partition coefficient (Wildman–Crippen LogP) is 4.22. The highest BCUT2D eigenvalue weighted by Gasteiger charge is 2.32. The summed E-state index contributed by atoms with van der Waals surface area (Å²) in [7, 11) is 0. The molecule has 1 aliphatic carbocycles. The summed E-state index contributed by atoms with van der Waals surface area (Å²) in [4.78, 5) is 10.8. The Bertz CT molecular complexity index is 450. The van der Waals surface area contributed by atoms with Gasteiger partial charge in [-0.05, 0) is 54.9 Å². The Morgan fingerprint density at radius 2 is 1.90 bits per heavy atom. The van der Waals surface area contributed by atoms with Crippen LogP contribution in [0.5, 0.6) is 5.75 Å². The number of carbonyl (C=O) groups is 1. The van der Waals surface area contributed by atoms with E-state index in [2.05, 4.69) is 20.8 Å². The molecule has 3 nitrogen and oxygen atoms in total. The average Bonchev–Trinajstić information content (AvgIpc) is 2.39. The van der Waals surface area contributed by atoms with Gasteiger partial charge in [-0.25, -0.2) is 4.79 Å². The fourth-order valence-electron chi connectivity index (χ4n) is 3.10. The van der Waals surface area contributed by atoms with Crippen LogP contribution in [0.2, 0.25) is 0 Å². The van der Waals surface area contributed by atoms with Crippen molar-refractivity contribution in [1.29, 1.82) is 0 Å². The van der Waals surface area contributed by atoms with Gasteiger partial charge in [-0.2, -0.15) is 0 Å². The molecule has 20 heavy (non-hydrogen) atoms. The Morgan fingerprint density at radius 1 is 1.25 bits per heavy atom. The van der Waals surface area contributed by atoms with E-state index in [0.29, 0.717) is 23.3 Å². The largest absolute Gasteiger partial charge is 0.490 e. The van der Waals surface area contributed by atoms with E-state index in [0.717, 1.165) is 12.2 Å². The quantitative estimate of drug-likeness (QED) is 0.895. The predicted molar refractivity (Wildman–Crippen MR) is 79.2 cm³/mol. The van der Waals surface area contributed by atoms with Crippen molar-refractivity contribution in [2.24, 2.45) is 17.8 Å². The third-order valence-electron chi connectivity index (χ3n) is 4.35. The van der Waals surface area contributed by atoms with Crippen molar-refractivity contribution in [3.63, 3.8) is 0 Å². The molecule has 0 aliphatic heterocycles. The number of hydrogen-bond acceptors (Lipinski definition) is 2. The van der Waals surface area contributed by atoms with Crippen LogP contribution in [0.15, 0.2) is 24.3 Å². The van der Waals surface area contributed by atoms with E-state index in [1.54, 1.807) is 24.3 Å². The van der Waals surface area contributed by atoms with Gasteiger partial charge in [0.15, 0.2) is 0 Å². The first-order valence-electron chi connectivity index (χ1n) is 7.47. The fourth-order valence-corrected chi connectivity index (χ4v) is 3.10. The van der Waals surface area contributed by atoms with Crippen LogP contribution in [0.3, 0.4) is 0 Å². The highest BCUT2D eigenvalue weighted by molar-refractivity contribution is 5.87. The molecule has 0 saturated heterocycles. The summed E-state index contributed by atoms with van der Waals surface area (Å²) in [5.74, 6) is 1.78. The molecule has 3 unspecified atom stereocenters. The van der Waals surface area contributed by atoms with E-state index in [1.807, 2.05) is 0 Å². The molecule has 1 aromatic carbocycles. The van der Waals surface area contributed by atoms with Crippen LogP contribution < -0.4 is 4.74 Å². The highest BCUT2D eigenvalue weighted by Crippen LogP contribution is 2.35. The van der Waals surface area contributed by atoms with Crippen molar-refractivity contribution in [3.05, 3.63) is 29.8 Å². The SMILES string of the molecule is CC1CCC(C(C)C)C(Oc2ccc(C(=O)O)cc2)C1. The number of carboxylic acids is 1. The molecule has 0 heterocycles. The lowest BCUT2D eigenvalue weighted by Gasteiger charge is -2.37. The Hall–Kier alpha value is -1.51. The third kappa shape index (κ3) is 3.53. The van der Waals surface area contributed by atoms with E-state index in [4.69, 9.17) is 9.84 Å². The molecule has 0 aromatic heterocycles. The summed E-state index contributed by atoms with van der Waals surface area (Å²) in [6.07, 6.45) is 3.83. The first kappa shape index (κ1) is 14.9. The molecule has 0 radical (unpaired) electrons. The molecule has 3 heteroatoms. The van der Waals surface area contributed by atoms with E-state index < -0.39 is 5.97 Å². The van der Waals surface area contributed by atoms with E-state index in [1.165, 1.54) is 12.8 Å². The van der Waals surface area contributed by atoms with Crippen LogP contribution in [0, 0.1) is 17.8 Å². The molecule has 1 aromatic rings. The Labute approximate surface area is 121 Å². The lowest BCUT2D eigenvalue weighted by atomic mass is 9.75. The number of ether oxygens (including phenoxy) is 1. The van der Waals surface area contributed by atoms with Crippen molar-refractivity contribution < 1.29 is 14.6 Å². The van der Waals surface area contributed by atoms with Crippen molar-refractivity contribution >= 4 is 5.97 Å². The summed E-state index contributed by atoms with van der Waals surface area (Å²) in [6, 6.07) is 6.74. The van der Waals surface area contributed by atoms with Crippen LogP contribution in [0.25, 0.3) is 0 Å². The minimum atomic E-state index is -0.900. The number of hydrogen-bond donors (Lipinski definition) is 1. The summed E-state index contributed by atoms with van der Waals surface area (Å²) in [6.45, 7) is 6.79. The average molecular weight is 276 g/mol. The number of rotatable bonds is 4. The van der Waals surface area contributed by atoms with Gasteiger partial charge in [0.25, 0.3) is 0 Å². The highest BCUT2D eigenvalue weighted by atomic mass is 16.5. The van der Waals surface area contributed by atoms with Crippen LogP contribution >= 0.6 is 0 Å². The Morgan fingerprint density at radius 3 is 2.45 bits per heavy atom. The molecule has 1 saturated carbocycles. The van der Waals surface area contributed by atoms with E-state index in [9.17, 15) is 4.79 Å². The molecule has 110 valence electrons. The standard InChI is InChI=1S/C17H24O3/c1-11(2)15-9-4-12(3)10-16(15)20-14-7-5-13(6-8-14)17(18)19/h5-8,11-12,15-16H,4,9-10H2,1-3H3,(H,18,19). The van der Waals surface area contributed by atoms with Crippen molar-refractivity contribution in [1.82, 2.24) is 0 Å². The van der Waals surface area contributed by atoms with Crippen LogP contribution in [0.4, 0.5) is 0 Å². The molecule has 1 N–H and O–H groups in total. The first-order chi connectivity index (χ1) is 9.47. The van der Waals surface area contributed by atoms with Crippen LogP contribution in [0.1, 0.15) is 50.4 Å². The molecular weight excluding hydrogens is 252 g/mol. The zero-order valence-electron chi connectivity index (χ0n) is 12.5. The second kappa shape index (κ2) is 6.29. The summed E-state index contributed by atoms with van der Waals surface area (Å²) in [5.41, 5.74) is 0.301. The summed E-state index contributed by atoms with van der Waals surface area (Å²) < 4.78 is 6.14. The molecule has 0 spiro atoms. The smallest absolute Gasteiger partial charge is 0.335 e. The van der Waals surface area contributed by atoms with Crippen molar-refractivity contribution in [2.75, 3.05) is 0 Å². The molecular formula is C17H24O3. The molecule has 1 fully saturated rings. The van der Waals surface area contributed by atoms with Crippen LogP contribution in [-0.4, -0.2) is 17.2 Å². The maximum absolute atomic E-state index is 10.8. The van der Waals surface area contributed by atoms with Gasteiger partial charge in [-0.3, -0.25) is 0 Å². The van der Waals surface area contributed by atoms with Gasteiger partial charge in [-0.15, -0.1) is 0 Å². The second-order valence-corrected chi connectivity index (χ2v) is 6.31. The molecule has 2 rings (SSSR count). The molecule has 3 atom stereocenters. The van der Waals surface area contributed by atoms with E-state index in [-0.39, 0.29) is 6.10 Å². The zero-order valence-corrected chi connectivity index (χ0v) is 12.5. The number of benzene rings is 1. The topological polar surface area (TPSA) is 46.5 Å². The monoisotopic (exact) mass is 276 g/mol. The minimum Gasteiger partial charge on any atom is -0.490 e. The number of carboxylic acid groups (broad SMARTS) is 1. The molecule has 0 amide bonds. The van der Waals surface area contributed by atoms with Crippen LogP contribution in [-0.2, 0) is 0 Å². The lowest BCUT2D eigenvalue weighted by Crippen LogP contribution is -2.36. The second-order valence-electron chi connectivity index (χ2n) is 6.31. The number of aromatic carboxylic acids is 1. The molecule has 0 bridgehead atoms. The van der Waals surface area contributed by atoms with Gasteiger partial charge >= 0.3 is 5.97 Å². The summed E-state index contributed by atoms with van der Waals surface area (Å²) in [5, 5.41) is 8.91. The first-order valence-corrected chi connectivity index (χ1v) is 7.47. The van der Waals surface area contributed by atoms with Gasteiger partial charge in [0, 0.05) is 0 Å². The Kier molecular flexibility index (Phi) is 4.69. The van der Waals surface area contributed by atoms with Gasteiger partial charge in [0.1, 0.15) is 11.9 Å². The third-order valence-corrected chi connectivity index (χ3v) is 4.35. The van der Waals surface area contributed by atoms with Gasteiger partial charge < -0.3 is 9.84 Å². The van der Waals surface area contributed by atoms with Crippen molar-refractivity contribution in [2.45, 2.75) is 46.1 Å². The summed E-state index contributed by atoms with van der Waals surface area (Å²) >= 11 is 0. The maximum Gasteiger partial charge on any atom is 0.335 e. The van der Waals surface area contributed by atoms with Crippen molar-refractivity contribution in [3.8, 4) is 5.75 Å². The normalized spacial score (nSPS) is 26.5. The Balaban J connectivity index is 2.07. The zero-order chi connectivity index (χ0) is 14.7. The van der Waals surface area contributed by atoms with Gasteiger partial charge in [-0.1, -0.05) is 27.2 Å². The van der Waals surface area contributed by atoms with E-state index >= 15 is 0 Å². The maximum atomic E-state index is 10.8. The molecule has 1 aliphatic rings.